The molecule has 0 aromatic heterocycles. The summed E-state index contributed by atoms with van der Waals surface area (Å²) in [7, 11) is 1.44. The third-order valence-electron chi connectivity index (χ3n) is 6.51. The van der Waals surface area contributed by atoms with Gasteiger partial charge in [-0.05, 0) is 47.7 Å². The van der Waals surface area contributed by atoms with Crippen molar-refractivity contribution in [2.45, 2.75) is 32.4 Å². The Morgan fingerprint density at radius 3 is 2.47 bits per heavy atom. The van der Waals surface area contributed by atoms with E-state index in [1.165, 1.54) is 12.0 Å². The van der Waals surface area contributed by atoms with Gasteiger partial charge in [-0.2, -0.15) is 0 Å². The normalized spacial score (nSPS) is 17.2. The predicted octanol–water partition coefficient (Wildman–Crippen LogP) is 4.04. The first-order chi connectivity index (χ1) is 17.4. The van der Waals surface area contributed by atoms with Gasteiger partial charge >= 0.3 is 0 Å². The fourth-order valence-electron chi connectivity index (χ4n) is 4.58. The lowest BCUT2D eigenvalue weighted by molar-refractivity contribution is -0.125. The monoisotopic (exact) mass is 485 g/mol. The molecular weight excluding hydrogens is 454 g/mol. The van der Waals surface area contributed by atoms with Crippen molar-refractivity contribution >= 4 is 17.5 Å². The molecule has 4 rings (SSSR count). The quantitative estimate of drug-likeness (QED) is 0.494. The minimum atomic E-state index is -0.843. The number of carbonyl (C=O) groups is 2. The molecule has 0 radical (unpaired) electrons. The first-order valence-electron chi connectivity index (χ1n) is 12.0. The number of carbonyl (C=O) groups excluding carboxylic acids is 2. The lowest BCUT2D eigenvalue weighted by Gasteiger charge is -2.25. The molecule has 0 spiro atoms. The van der Waals surface area contributed by atoms with E-state index in [0.717, 1.165) is 22.3 Å². The molecule has 1 aliphatic rings. The number of rotatable bonds is 7. The number of aliphatic hydroxyl groups excluding tert-OH is 1. The topological polar surface area (TPSA) is 91.2 Å². The number of benzene rings is 3. The van der Waals surface area contributed by atoms with Crippen LogP contribution in [0.1, 0.15) is 39.6 Å². The zero-order valence-corrected chi connectivity index (χ0v) is 20.8. The zero-order valence-electron chi connectivity index (χ0n) is 20.8. The van der Waals surface area contributed by atoms with Gasteiger partial charge in [-0.1, -0.05) is 71.9 Å². The van der Waals surface area contributed by atoms with Gasteiger partial charge in [0.2, 0.25) is 5.91 Å². The highest BCUT2D eigenvalue weighted by Crippen LogP contribution is 2.27. The summed E-state index contributed by atoms with van der Waals surface area (Å²) < 4.78 is 0. The molecule has 0 saturated carbocycles. The second-order valence-electron chi connectivity index (χ2n) is 9.01. The first kappa shape index (κ1) is 25.1. The molecule has 1 aliphatic heterocycles. The minimum Gasteiger partial charge on any atom is -0.399 e. The number of aliphatic hydroxyl groups is 1. The van der Waals surface area contributed by atoms with Crippen molar-refractivity contribution in [3.8, 4) is 11.1 Å². The third kappa shape index (κ3) is 5.47. The minimum absolute atomic E-state index is 0.0439. The number of hydrogen-bond donors (Lipinski definition) is 2. The number of hydrogen-bond acceptors (Lipinski definition) is 5. The molecule has 1 heterocycles. The molecule has 2 atom stereocenters. The summed E-state index contributed by atoms with van der Waals surface area (Å²) in [6.07, 6.45) is -0.572. The molecule has 0 bridgehead atoms. The molecule has 2 N–H and O–H groups in total. The highest BCUT2D eigenvalue weighted by Gasteiger charge is 2.39. The molecule has 36 heavy (non-hydrogen) atoms. The summed E-state index contributed by atoms with van der Waals surface area (Å²) in [6.45, 7) is 4.20. The van der Waals surface area contributed by atoms with E-state index in [4.69, 9.17) is 4.84 Å². The van der Waals surface area contributed by atoms with Crippen molar-refractivity contribution in [1.82, 2.24) is 10.2 Å². The number of nitrogens with zero attached hydrogens (tertiary/aromatic N) is 2. The molecule has 186 valence electrons. The van der Waals surface area contributed by atoms with E-state index >= 15 is 0 Å². The lowest BCUT2D eigenvalue weighted by atomic mass is 9.96. The first-order valence-corrected chi connectivity index (χ1v) is 12.0. The van der Waals surface area contributed by atoms with Gasteiger partial charge in [-0.25, -0.2) is 0 Å². The Morgan fingerprint density at radius 1 is 1.06 bits per heavy atom. The summed E-state index contributed by atoms with van der Waals surface area (Å²) in [4.78, 5) is 33.2. The molecule has 2 unspecified atom stereocenters. The SMILES string of the molecule is CO/N=C1\CC(C(=O)NCC(O)c2ccccc2)N(C(=O)c2ccc(-c3ccccc3C)cc2C)C1. The Bertz CT molecular complexity index is 1270. The van der Waals surface area contributed by atoms with Crippen LogP contribution in [-0.2, 0) is 9.63 Å². The third-order valence-corrected chi connectivity index (χ3v) is 6.51. The van der Waals surface area contributed by atoms with E-state index in [9.17, 15) is 14.7 Å². The van der Waals surface area contributed by atoms with Crippen LogP contribution in [0.2, 0.25) is 0 Å². The Balaban J connectivity index is 1.53. The van der Waals surface area contributed by atoms with E-state index in [2.05, 4.69) is 29.5 Å². The summed E-state index contributed by atoms with van der Waals surface area (Å²) >= 11 is 0. The average Bonchev–Trinajstić information content (AvgIpc) is 3.32. The molecular formula is C29H31N3O4. The second kappa shape index (κ2) is 11.2. The van der Waals surface area contributed by atoms with Crippen molar-refractivity contribution in [3.63, 3.8) is 0 Å². The lowest BCUT2D eigenvalue weighted by Crippen LogP contribution is -2.47. The van der Waals surface area contributed by atoms with Crippen molar-refractivity contribution in [2.75, 3.05) is 20.2 Å². The molecule has 1 fully saturated rings. The van der Waals surface area contributed by atoms with Crippen molar-refractivity contribution in [3.05, 3.63) is 95.1 Å². The van der Waals surface area contributed by atoms with Crippen LogP contribution in [0.5, 0.6) is 0 Å². The molecule has 0 aliphatic carbocycles. The number of amides is 2. The molecule has 3 aromatic rings. The van der Waals surface area contributed by atoms with Gasteiger partial charge in [-0.3, -0.25) is 9.59 Å². The fraction of sp³-hybridized carbons (Fsp3) is 0.276. The van der Waals surface area contributed by atoms with Crippen LogP contribution in [-0.4, -0.2) is 53.8 Å². The van der Waals surface area contributed by atoms with Crippen LogP contribution in [0.15, 0.2) is 78.0 Å². The predicted molar refractivity (Wildman–Crippen MR) is 140 cm³/mol. The number of oxime groups is 1. The van der Waals surface area contributed by atoms with Crippen molar-refractivity contribution < 1.29 is 19.5 Å². The van der Waals surface area contributed by atoms with E-state index < -0.39 is 12.1 Å². The van der Waals surface area contributed by atoms with Gasteiger partial charge in [0.15, 0.2) is 0 Å². The van der Waals surface area contributed by atoms with Crippen molar-refractivity contribution in [2.24, 2.45) is 5.16 Å². The van der Waals surface area contributed by atoms with Gasteiger partial charge in [0.05, 0.1) is 18.4 Å². The largest absolute Gasteiger partial charge is 0.399 e. The van der Waals surface area contributed by atoms with Crippen LogP contribution in [0, 0.1) is 13.8 Å². The van der Waals surface area contributed by atoms with Gasteiger partial charge in [0.25, 0.3) is 5.91 Å². The van der Waals surface area contributed by atoms with E-state index in [-0.39, 0.29) is 31.3 Å². The zero-order chi connectivity index (χ0) is 25.7. The summed E-state index contributed by atoms with van der Waals surface area (Å²) in [5.74, 6) is -0.581. The maximum absolute atomic E-state index is 13.6. The summed E-state index contributed by atoms with van der Waals surface area (Å²) in [5.41, 5.74) is 6.00. The number of likely N-dealkylation sites (tertiary alicyclic amines) is 1. The van der Waals surface area contributed by atoms with Crippen molar-refractivity contribution in [1.29, 1.82) is 0 Å². The van der Waals surface area contributed by atoms with Gasteiger partial charge in [0, 0.05) is 18.5 Å². The van der Waals surface area contributed by atoms with E-state index in [1.807, 2.05) is 55.5 Å². The fourth-order valence-corrected chi connectivity index (χ4v) is 4.58. The molecule has 7 nitrogen and oxygen atoms in total. The Morgan fingerprint density at radius 2 is 1.78 bits per heavy atom. The van der Waals surface area contributed by atoms with Gasteiger partial charge in [-0.15, -0.1) is 0 Å². The van der Waals surface area contributed by atoms with Crippen LogP contribution in [0.3, 0.4) is 0 Å². The van der Waals surface area contributed by atoms with E-state index in [0.29, 0.717) is 16.8 Å². The molecule has 7 heteroatoms. The highest BCUT2D eigenvalue weighted by atomic mass is 16.6. The van der Waals surface area contributed by atoms with E-state index in [1.54, 1.807) is 12.1 Å². The smallest absolute Gasteiger partial charge is 0.255 e. The molecule has 3 aromatic carbocycles. The maximum Gasteiger partial charge on any atom is 0.255 e. The Kier molecular flexibility index (Phi) is 7.80. The second-order valence-corrected chi connectivity index (χ2v) is 9.01. The van der Waals surface area contributed by atoms with Crippen LogP contribution >= 0.6 is 0 Å². The van der Waals surface area contributed by atoms with Crippen LogP contribution in [0.25, 0.3) is 11.1 Å². The highest BCUT2D eigenvalue weighted by molar-refractivity contribution is 6.06. The van der Waals surface area contributed by atoms with Crippen LogP contribution < -0.4 is 5.32 Å². The standard InChI is InChI=1S/C29H31N3O4/c1-19-9-7-8-12-24(19)22-13-14-25(20(2)15-22)29(35)32-18-23(31-36-3)16-26(32)28(34)30-17-27(33)21-10-5-4-6-11-21/h4-15,26-27,33H,16-18H2,1-3H3,(H,30,34)/b31-23+. The number of nitrogens with one attached hydrogen (secondary N) is 1. The van der Waals surface area contributed by atoms with Gasteiger partial charge < -0.3 is 20.2 Å². The maximum atomic E-state index is 13.6. The Labute approximate surface area is 211 Å². The number of aryl methyl sites for hydroxylation is 2. The Hall–Kier alpha value is -3.97. The van der Waals surface area contributed by atoms with Crippen LogP contribution in [0.4, 0.5) is 0 Å². The average molecular weight is 486 g/mol. The summed E-state index contributed by atoms with van der Waals surface area (Å²) in [6, 6.07) is 22.3. The molecule has 2 amide bonds. The summed E-state index contributed by atoms with van der Waals surface area (Å²) in [5, 5.41) is 17.2. The van der Waals surface area contributed by atoms with Gasteiger partial charge in [0.1, 0.15) is 13.2 Å². The molecule has 1 saturated heterocycles.